The Morgan fingerprint density at radius 3 is 2.53 bits per heavy atom. The van der Waals surface area contributed by atoms with E-state index in [4.69, 9.17) is 10.5 Å². The zero-order valence-electron chi connectivity index (χ0n) is 11.3. The number of para-hydroxylation sites is 2. The molecule has 0 saturated carbocycles. The lowest BCUT2D eigenvalue weighted by Gasteiger charge is -2.22. The maximum Gasteiger partial charge on any atom is 0.238 e. The minimum Gasteiger partial charge on any atom is -0.495 e. The van der Waals surface area contributed by atoms with E-state index in [9.17, 15) is 9.59 Å². The summed E-state index contributed by atoms with van der Waals surface area (Å²) in [6.45, 7) is 3.21. The van der Waals surface area contributed by atoms with Crippen molar-refractivity contribution in [2.24, 2.45) is 5.73 Å². The molecule has 0 aliphatic heterocycles. The van der Waals surface area contributed by atoms with Crippen LogP contribution in [0, 0.1) is 0 Å². The largest absolute Gasteiger partial charge is 0.495 e. The quantitative estimate of drug-likeness (QED) is 0.697. The van der Waals surface area contributed by atoms with Crippen LogP contribution < -0.4 is 21.1 Å². The first-order valence-electron chi connectivity index (χ1n) is 5.84. The van der Waals surface area contributed by atoms with Crippen LogP contribution >= 0.6 is 0 Å². The van der Waals surface area contributed by atoms with Crippen LogP contribution in [-0.4, -0.2) is 31.0 Å². The minimum atomic E-state index is -0.932. The van der Waals surface area contributed by atoms with Crippen molar-refractivity contribution >= 4 is 17.5 Å². The van der Waals surface area contributed by atoms with Gasteiger partial charge in [-0.1, -0.05) is 12.1 Å². The summed E-state index contributed by atoms with van der Waals surface area (Å²) in [5.74, 6) is -0.221. The Balaban J connectivity index is 2.59. The van der Waals surface area contributed by atoms with Gasteiger partial charge in [-0.05, 0) is 26.0 Å². The van der Waals surface area contributed by atoms with Gasteiger partial charge in [0.05, 0.1) is 24.9 Å². The van der Waals surface area contributed by atoms with Crippen LogP contribution in [-0.2, 0) is 9.59 Å². The standard InChI is InChI=1S/C13H19N3O3/c1-13(2,12(14)18)15-8-11(17)16-9-6-4-5-7-10(9)19-3/h4-7,15H,8H2,1-3H3,(H2,14,18)(H,16,17). The smallest absolute Gasteiger partial charge is 0.238 e. The van der Waals surface area contributed by atoms with E-state index in [2.05, 4.69) is 10.6 Å². The maximum absolute atomic E-state index is 11.8. The molecule has 1 rings (SSSR count). The molecule has 0 aromatic heterocycles. The fourth-order valence-corrected chi connectivity index (χ4v) is 1.33. The van der Waals surface area contributed by atoms with Gasteiger partial charge < -0.3 is 15.8 Å². The van der Waals surface area contributed by atoms with Gasteiger partial charge in [0.15, 0.2) is 0 Å². The molecule has 0 saturated heterocycles. The second-order valence-electron chi connectivity index (χ2n) is 4.59. The summed E-state index contributed by atoms with van der Waals surface area (Å²) < 4.78 is 5.12. The van der Waals surface area contributed by atoms with E-state index >= 15 is 0 Å². The van der Waals surface area contributed by atoms with Crippen molar-refractivity contribution in [2.75, 3.05) is 19.0 Å². The lowest BCUT2D eigenvalue weighted by atomic mass is 10.1. The first-order valence-corrected chi connectivity index (χ1v) is 5.84. The fourth-order valence-electron chi connectivity index (χ4n) is 1.33. The number of rotatable bonds is 6. The Morgan fingerprint density at radius 2 is 1.95 bits per heavy atom. The maximum atomic E-state index is 11.8. The highest BCUT2D eigenvalue weighted by Crippen LogP contribution is 2.22. The number of carbonyl (C=O) groups is 2. The summed E-state index contributed by atoms with van der Waals surface area (Å²) in [6, 6.07) is 7.08. The van der Waals surface area contributed by atoms with Gasteiger partial charge >= 0.3 is 0 Å². The number of hydrogen-bond acceptors (Lipinski definition) is 4. The molecule has 1 aromatic carbocycles. The van der Waals surface area contributed by atoms with Crippen molar-refractivity contribution in [3.63, 3.8) is 0 Å². The molecular formula is C13H19N3O3. The number of nitrogens with two attached hydrogens (primary N) is 1. The number of amides is 2. The summed E-state index contributed by atoms with van der Waals surface area (Å²) in [5.41, 5.74) is 4.85. The van der Waals surface area contributed by atoms with Crippen LogP contribution in [0.3, 0.4) is 0 Å². The highest BCUT2D eigenvalue weighted by Gasteiger charge is 2.24. The number of ether oxygens (including phenoxy) is 1. The molecule has 0 spiro atoms. The van der Waals surface area contributed by atoms with Crippen molar-refractivity contribution in [1.29, 1.82) is 0 Å². The van der Waals surface area contributed by atoms with Crippen molar-refractivity contribution in [2.45, 2.75) is 19.4 Å². The first kappa shape index (κ1) is 15.0. The van der Waals surface area contributed by atoms with Crippen LogP contribution in [0.4, 0.5) is 5.69 Å². The normalized spacial score (nSPS) is 10.9. The third kappa shape index (κ3) is 4.26. The third-order valence-corrected chi connectivity index (χ3v) is 2.69. The molecule has 0 atom stereocenters. The summed E-state index contributed by atoms with van der Waals surface area (Å²) in [4.78, 5) is 22.9. The zero-order chi connectivity index (χ0) is 14.5. The van der Waals surface area contributed by atoms with E-state index < -0.39 is 11.4 Å². The number of anilines is 1. The molecular weight excluding hydrogens is 246 g/mol. The van der Waals surface area contributed by atoms with Gasteiger partial charge in [0.25, 0.3) is 0 Å². The SMILES string of the molecule is COc1ccccc1NC(=O)CNC(C)(C)C(N)=O. The number of carbonyl (C=O) groups excluding carboxylic acids is 2. The Kier molecular flexibility index (Phi) is 4.88. The number of nitrogens with one attached hydrogen (secondary N) is 2. The van der Waals surface area contributed by atoms with Crippen LogP contribution in [0.5, 0.6) is 5.75 Å². The topological polar surface area (TPSA) is 93.4 Å². The molecule has 1 aromatic rings. The second-order valence-corrected chi connectivity index (χ2v) is 4.59. The number of methoxy groups -OCH3 is 1. The third-order valence-electron chi connectivity index (χ3n) is 2.69. The van der Waals surface area contributed by atoms with Crippen molar-refractivity contribution in [3.8, 4) is 5.75 Å². The lowest BCUT2D eigenvalue weighted by Crippen LogP contribution is -2.52. The molecule has 2 amide bonds. The number of hydrogen-bond donors (Lipinski definition) is 3. The minimum absolute atomic E-state index is 0.0199. The number of benzene rings is 1. The van der Waals surface area contributed by atoms with E-state index in [1.165, 1.54) is 7.11 Å². The monoisotopic (exact) mass is 265 g/mol. The highest BCUT2D eigenvalue weighted by atomic mass is 16.5. The Labute approximate surface area is 112 Å². The van der Waals surface area contributed by atoms with Gasteiger partial charge in [0.1, 0.15) is 5.75 Å². The van der Waals surface area contributed by atoms with Gasteiger partial charge in [0.2, 0.25) is 11.8 Å². The zero-order valence-corrected chi connectivity index (χ0v) is 11.3. The van der Waals surface area contributed by atoms with E-state index in [-0.39, 0.29) is 12.5 Å². The van der Waals surface area contributed by atoms with Gasteiger partial charge in [-0.3, -0.25) is 14.9 Å². The van der Waals surface area contributed by atoms with Crippen LogP contribution in [0.1, 0.15) is 13.8 Å². The molecule has 0 aliphatic carbocycles. The predicted molar refractivity (Wildman–Crippen MR) is 72.9 cm³/mol. The van der Waals surface area contributed by atoms with Gasteiger partial charge in [-0.2, -0.15) is 0 Å². The van der Waals surface area contributed by atoms with E-state index in [1.807, 2.05) is 6.07 Å². The Bertz CT molecular complexity index is 472. The molecule has 0 bridgehead atoms. The van der Waals surface area contributed by atoms with Crippen molar-refractivity contribution in [3.05, 3.63) is 24.3 Å². The Hall–Kier alpha value is -2.08. The molecule has 0 aliphatic rings. The van der Waals surface area contributed by atoms with E-state index in [0.29, 0.717) is 11.4 Å². The molecule has 4 N–H and O–H groups in total. The summed E-state index contributed by atoms with van der Waals surface area (Å²) >= 11 is 0. The van der Waals surface area contributed by atoms with E-state index in [1.54, 1.807) is 32.0 Å². The molecule has 104 valence electrons. The molecule has 0 unspecified atom stereocenters. The molecule has 6 nitrogen and oxygen atoms in total. The Morgan fingerprint density at radius 1 is 1.32 bits per heavy atom. The van der Waals surface area contributed by atoms with Crippen LogP contribution in [0.2, 0.25) is 0 Å². The van der Waals surface area contributed by atoms with Crippen molar-refractivity contribution in [1.82, 2.24) is 5.32 Å². The lowest BCUT2D eigenvalue weighted by molar-refractivity contribution is -0.123. The summed E-state index contributed by atoms with van der Waals surface area (Å²) in [6.07, 6.45) is 0. The summed E-state index contributed by atoms with van der Waals surface area (Å²) in [5, 5.41) is 5.48. The highest BCUT2D eigenvalue weighted by molar-refractivity contribution is 5.94. The molecule has 19 heavy (non-hydrogen) atoms. The average molecular weight is 265 g/mol. The van der Waals surface area contributed by atoms with Crippen LogP contribution in [0.15, 0.2) is 24.3 Å². The molecule has 0 fully saturated rings. The van der Waals surface area contributed by atoms with Gasteiger partial charge in [-0.15, -0.1) is 0 Å². The summed E-state index contributed by atoms with van der Waals surface area (Å²) in [7, 11) is 1.53. The predicted octanol–water partition coefficient (Wildman–Crippen LogP) is 0.487. The van der Waals surface area contributed by atoms with Crippen LogP contribution in [0.25, 0.3) is 0 Å². The van der Waals surface area contributed by atoms with Gasteiger partial charge in [-0.25, -0.2) is 0 Å². The first-order chi connectivity index (χ1) is 8.86. The second kappa shape index (κ2) is 6.19. The van der Waals surface area contributed by atoms with E-state index in [0.717, 1.165) is 0 Å². The average Bonchev–Trinajstić information content (AvgIpc) is 2.37. The molecule has 0 radical (unpaired) electrons. The molecule has 0 heterocycles. The van der Waals surface area contributed by atoms with Gasteiger partial charge in [0, 0.05) is 0 Å². The fraction of sp³-hybridized carbons (Fsp3) is 0.385. The number of primary amides is 1. The van der Waals surface area contributed by atoms with Crippen molar-refractivity contribution < 1.29 is 14.3 Å². The molecule has 6 heteroatoms.